The van der Waals surface area contributed by atoms with Crippen molar-refractivity contribution in [2.24, 2.45) is 0 Å². The smallest absolute Gasteiger partial charge is 0.266 e. The lowest BCUT2D eigenvalue weighted by Gasteiger charge is -2.15. The number of nitrogens with zero attached hydrogens (tertiary/aromatic N) is 1. The van der Waals surface area contributed by atoms with Crippen LogP contribution in [0.5, 0.6) is 0 Å². The Hall–Kier alpha value is -1.84. The largest absolute Gasteiger partial charge is 0.268 e. The second-order valence-corrected chi connectivity index (χ2v) is 5.84. The highest BCUT2D eigenvalue weighted by atomic mass is 35.5. The molecule has 2 amide bonds. The third-order valence-corrected chi connectivity index (χ3v) is 4.40. The maximum atomic E-state index is 12.5. The van der Waals surface area contributed by atoms with E-state index >= 15 is 0 Å². The fourth-order valence-electron chi connectivity index (χ4n) is 2.33. The Labute approximate surface area is 132 Å². The maximum absolute atomic E-state index is 12.5. The van der Waals surface area contributed by atoms with Gasteiger partial charge >= 0.3 is 0 Å². The maximum Gasteiger partial charge on any atom is 0.266 e. The molecule has 0 saturated heterocycles. The lowest BCUT2D eigenvalue weighted by Crippen LogP contribution is -2.29. The van der Waals surface area contributed by atoms with Gasteiger partial charge in [-0.25, -0.2) is 4.90 Å². The number of hydrogen-bond acceptors (Lipinski definition) is 2. The summed E-state index contributed by atoms with van der Waals surface area (Å²) in [5.41, 5.74) is 3.23. The number of amides is 2. The van der Waals surface area contributed by atoms with Gasteiger partial charge in [0.05, 0.1) is 26.9 Å². The Morgan fingerprint density at radius 3 is 1.81 bits per heavy atom. The first-order valence-corrected chi connectivity index (χ1v) is 7.11. The number of hydrogen-bond donors (Lipinski definition) is 0. The second-order valence-electron chi connectivity index (χ2n) is 5.03. The van der Waals surface area contributed by atoms with E-state index < -0.39 is 0 Å². The summed E-state index contributed by atoms with van der Waals surface area (Å²) in [6.45, 7) is 3.91. The molecular weight excluding hydrogens is 309 g/mol. The van der Waals surface area contributed by atoms with Crippen molar-refractivity contribution in [2.45, 2.75) is 13.8 Å². The predicted molar refractivity (Wildman–Crippen MR) is 83.5 cm³/mol. The molecule has 0 fully saturated rings. The highest BCUT2D eigenvalue weighted by Crippen LogP contribution is 2.34. The summed E-state index contributed by atoms with van der Waals surface area (Å²) in [7, 11) is 0. The van der Waals surface area contributed by atoms with Crippen LogP contribution in [0.2, 0.25) is 10.0 Å². The number of imide groups is 1. The molecule has 0 aromatic heterocycles. The van der Waals surface area contributed by atoms with Gasteiger partial charge in [0, 0.05) is 0 Å². The molecule has 0 unspecified atom stereocenters. The molecule has 0 N–H and O–H groups in total. The van der Waals surface area contributed by atoms with Crippen molar-refractivity contribution < 1.29 is 9.59 Å². The van der Waals surface area contributed by atoms with E-state index in [1.54, 1.807) is 6.07 Å². The molecule has 0 saturated carbocycles. The SMILES string of the molecule is Cc1ccc(N2C(=O)c3cc(Cl)c(Cl)cc3C2=O)cc1C. The fourth-order valence-corrected chi connectivity index (χ4v) is 2.66. The van der Waals surface area contributed by atoms with Crippen molar-refractivity contribution in [1.82, 2.24) is 0 Å². The molecule has 0 radical (unpaired) electrons. The van der Waals surface area contributed by atoms with E-state index in [0.717, 1.165) is 16.0 Å². The minimum absolute atomic E-state index is 0.263. The molecule has 1 aliphatic heterocycles. The van der Waals surface area contributed by atoms with Crippen LogP contribution in [0.15, 0.2) is 30.3 Å². The number of benzene rings is 2. The van der Waals surface area contributed by atoms with E-state index in [0.29, 0.717) is 5.69 Å². The van der Waals surface area contributed by atoms with E-state index in [1.165, 1.54) is 12.1 Å². The van der Waals surface area contributed by atoms with E-state index in [-0.39, 0.29) is 33.0 Å². The topological polar surface area (TPSA) is 37.4 Å². The van der Waals surface area contributed by atoms with Gasteiger partial charge in [-0.2, -0.15) is 0 Å². The normalized spacial score (nSPS) is 13.8. The Morgan fingerprint density at radius 1 is 0.810 bits per heavy atom. The van der Waals surface area contributed by atoms with Crippen LogP contribution in [0.1, 0.15) is 31.8 Å². The van der Waals surface area contributed by atoms with E-state index in [9.17, 15) is 9.59 Å². The van der Waals surface area contributed by atoms with Crippen LogP contribution in [0, 0.1) is 13.8 Å². The van der Waals surface area contributed by atoms with Crippen molar-refractivity contribution in [3.05, 3.63) is 62.6 Å². The van der Waals surface area contributed by atoms with Gasteiger partial charge in [-0.05, 0) is 49.2 Å². The average Bonchev–Trinajstić information content (AvgIpc) is 2.66. The van der Waals surface area contributed by atoms with Crippen LogP contribution in [0.3, 0.4) is 0 Å². The van der Waals surface area contributed by atoms with Crippen molar-refractivity contribution >= 4 is 40.7 Å². The molecule has 0 spiro atoms. The van der Waals surface area contributed by atoms with Crippen molar-refractivity contribution in [3.63, 3.8) is 0 Å². The third-order valence-electron chi connectivity index (χ3n) is 3.68. The molecule has 1 aliphatic rings. The molecule has 0 bridgehead atoms. The summed E-state index contributed by atoms with van der Waals surface area (Å²) in [5.74, 6) is -0.756. The molecule has 2 aromatic rings. The van der Waals surface area contributed by atoms with Gasteiger partial charge in [0.25, 0.3) is 11.8 Å². The summed E-state index contributed by atoms with van der Waals surface area (Å²) in [5, 5.41) is 0.525. The highest BCUT2D eigenvalue weighted by Gasteiger charge is 2.37. The lowest BCUT2D eigenvalue weighted by atomic mass is 10.1. The Morgan fingerprint density at radius 2 is 1.33 bits per heavy atom. The zero-order valence-corrected chi connectivity index (χ0v) is 12.9. The summed E-state index contributed by atoms with van der Waals surface area (Å²) >= 11 is 11.9. The molecule has 21 heavy (non-hydrogen) atoms. The molecule has 1 heterocycles. The number of carbonyl (C=O) groups is 2. The van der Waals surface area contributed by atoms with Crippen LogP contribution in [-0.2, 0) is 0 Å². The summed E-state index contributed by atoms with van der Waals surface area (Å²) in [6.07, 6.45) is 0. The highest BCUT2D eigenvalue weighted by molar-refractivity contribution is 6.44. The number of halogens is 2. The first-order valence-electron chi connectivity index (χ1n) is 6.35. The van der Waals surface area contributed by atoms with Gasteiger partial charge in [0.1, 0.15) is 0 Å². The molecule has 3 nitrogen and oxygen atoms in total. The molecular formula is C16H11Cl2NO2. The van der Waals surface area contributed by atoms with Crippen LogP contribution in [-0.4, -0.2) is 11.8 Å². The zero-order valence-electron chi connectivity index (χ0n) is 11.4. The van der Waals surface area contributed by atoms with Gasteiger partial charge < -0.3 is 0 Å². The number of fused-ring (bicyclic) bond motifs is 1. The molecule has 0 aliphatic carbocycles. The first-order chi connectivity index (χ1) is 9.90. The molecule has 106 valence electrons. The first kappa shape index (κ1) is 14.1. The third kappa shape index (κ3) is 2.13. The van der Waals surface area contributed by atoms with Gasteiger partial charge in [-0.15, -0.1) is 0 Å². The van der Waals surface area contributed by atoms with Crippen LogP contribution >= 0.6 is 23.2 Å². The predicted octanol–water partition coefficient (Wildman–Crippen LogP) is 4.41. The summed E-state index contributed by atoms with van der Waals surface area (Å²) in [4.78, 5) is 26.1. The van der Waals surface area contributed by atoms with E-state index in [1.807, 2.05) is 26.0 Å². The van der Waals surface area contributed by atoms with Gasteiger partial charge in [0.15, 0.2) is 0 Å². The van der Waals surface area contributed by atoms with Crippen molar-refractivity contribution in [2.75, 3.05) is 4.90 Å². The Kier molecular flexibility index (Phi) is 3.27. The molecule has 2 aromatic carbocycles. The molecule has 3 rings (SSSR count). The Balaban J connectivity index is 2.13. The number of carbonyl (C=O) groups excluding carboxylic acids is 2. The number of aryl methyl sites for hydroxylation is 2. The van der Waals surface area contributed by atoms with Crippen molar-refractivity contribution in [3.8, 4) is 0 Å². The second kappa shape index (κ2) is 4.86. The quantitative estimate of drug-likeness (QED) is 0.730. The van der Waals surface area contributed by atoms with Gasteiger partial charge in [0.2, 0.25) is 0 Å². The number of anilines is 1. The van der Waals surface area contributed by atoms with Crippen molar-refractivity contribution in [1.29, 1.82) is 0 Å². The van der Waals surface area contributed by atoms with E-state index in [4.69, 9.17) is 23.2 Å². The minimum Gasteiger partial charge on any atom is -0.268 e. The zero-order chi connectivity index (χ0) is 15.3. The number of rotatable bonds is 1. The standard InChI is InChI=1S/C16H11Cl2NO2/c1-8-3-4-10(5-9(8)2)19-15(20)11-6-13(17)14(18)7-12(11)16(19)21/h3-7H,1-2H3. The fraction of sp³-hybridized carbons (Fsp3) is 0.125. The monoisotopic (exact) mass is 319 g/mol. The van der Waals surface area contributed by atoms with E-state index in [2.05, 4.69) is 0 Å². The molecule has 0 atom stereocenters. The van der Waals surface area contributed by atoms with Crippen LogP contribution in [0.25, 0.3) is 0 Å². The lowest BCUT2D eigenvalue weighted by molar-refractivity contribution is 0.0926. The molecule has 5 heteroatoms. The summed E-state index contributed by atoms with van der Waals surface area (Å²) < 4.78 is 0. The van der Waals surface area contributed by atoms with Gasteiger partial charge in [-0.1, -0.05) is 29.3 Å². The van der Waals surface area contributed by atoms with Crippen LogP contribution < -0.4 is 4.90 Å². The van der Waals surface area contributed by atoms with Crippen LogP contribution in [0.4, 0.5) is 5.69 Å². The average molecular weight is 320 g/mol. The van der Waals surface area contributed by atoms with Gasteiger partial charge in [-0.3, -0.25) is 9.59 Å². The summed E-state index contributed by atoms with van der Waals surface area (Å²) in [6, 6.07) is 8.35. The minimum atomic E-state index is -0.378. The Bertz CT molecular complexity index is 758.